The van der Waals surface area contributed by atoms with Crippen LogP contribution in [0.3, 0.4) is 0 Å². The molecule has 96 valence electrons. The maximum absolute atomic E-state index is 5.98. The van der Waals surface area contributed by atoms with E-state index in [1.165, 1.54) is 0 Å². The van der Waals surface area contributed by atoms with Gasteiger partial charge in [0, 0.05) is 19.7 Å². The van der Waals surface area contributed by atoms with Crippen LogP contribution in [0.2, 0.25) is 0 Å². The molecule has 16 heavy (non-hydrogen) atoms. The molecule has 0 aromatic heterocycles. The molecule has 0 bridgehead atoms. The topological polar surface area (TPSA) is 53.7 Å². The summed E-state index contributed by atoms with van der Waals surface area (Å²) in [6, 6.07) is 0. The van der Waals surface area contributed by atoms with E-state index in [1.807, 2.05) is 27.7 Å². The van der Waals surface area contributed by atoms with Crippen molar-refractivity contribution >= 4 is 19.5 Å². The van der Waals surface area contributed by atoms with E-state index in [0.717, 1.165) is 6.42 Å². The highest BCUT2D eigenvalue weighted by Gasteiger charge is 2.52. The quantitative estimate of drug-likeness (QED) is 0.768. The molecule has 1 aliphatic heterocycles. The fourth-order valence-corrected chi connectivity index (χ4v) is 1.45. The van der Waals surface area contributed by atoms with Crippen LogP contribution < -0.4 is 5.73 Å². The minimum atomic E-state index is -0.329. The number of nitrogens with two attached hydrogens (primary N) is 1. The number of methoxy groups -OCH3 is 1. The molecule has 0 aromatic carbocycles. The molecule has 4 nitrogen and oxygen atoms in total. The molecule has 6 heteroatoms. The van der Waals surface area contributed by atoms with Gasteiger partial charge in [0.1, 0.15) is 0 Å². The second-order valence-electron chi connectivity index (χ2n) is 5.07. The van der Waals surface area contributed by atoms with Crippen LogP contribution in [-0.2, 0) is 14.0 Å². The summed E-state index contributed by atoms with van der Waals surface area (Å²) < 4.78 is 16.6. The van der Waals surface area contributed by atoms with Gasteiger partial charge in [-0.2, -0.15) is 0 Å². The Labute approximate surface area is 105 Å². The summed E-state index contributed by atoms with van der Waals surface area (Å²) in [5, 5.41) is 0. The molecule has 2 N–H and O–H groups in total. The average molecular weight is 252 g/mol. The summed E-state index contributed by atoms with van der Waals surface area (Å²) in [4.78, 5) is 0. The van der Waals surface area contributed by atoms with Crippen LogP contribution in [0.4, 0.5) is 0 Å². The van der Waals surface area contributed by atoms with Crippen molar-refractivity contribution in [3.63, 3.8) is 0 Å². The Morgan fingerprint density at radius 3 is 2.00 bits per heavy atom. The maximum Gasteiger partial charge on any atom is 0.475 e. The van der Waals surface area contributed by atoms with Crippen molar-refractivity contribution in [3.8, 4) is 0 Å². The first kappa shape index (κ1) is 16.2. The molecular weight excluding hydrogens is 228 g/mol. The van der Waals surface area contributed by atoms with Gasteiger partial charge in [-0.3, -0.25) is 0 Å². The average Bonchev–Trinajstić information content (AvgIpc) is 2.32. The minimum Gasteiger partial charge on any atom is -0.402 e. The van der Waals surface area contributed by atoms with Gasteiger partial charge < -0.3 is 19.8 Å². The second-order valence-corrected chi connectivity index (χ2v) is 5.07. The normalized spacial score (nSPS) is 24.0. The highest BCUT2D eigenvalue weighted by molar-refractivity contribution is 6.47. The lowest BCUT2D eigenvalue weighted by molar-refractivity contribution is 0.00578. The predicted molar refractivity (Wildman–Crippen MR) is 67.8 cm³/mol. The lowest BCUT2D eigenvalue weighted by Crippen LogP contribution is -2.42. The van der Waals surface area contributed by atoms with Crippen molar-refractivity contribution in [1.82, 2.24) is 0 Å². The Hall–Kier alpha value is 0.195. The van der Waals surface area contributed by atoms with Crippen LogP contribution in [0.1, 0.15) is 34.1 Å². The van der Waals surface area contributed by atoms with Crippen molar-refractivity contribution in [3.05, 3.63) is 0 Å². The fraction of sp³-hybridized carbons (Fsp3) is 1.00. The third-order valence-electron chi connectivity index (χ3n) is 3.28. The predicted octanol–water partition coefficient (Wildman–Crippen LogP) is 1.40. The first-order chi connectivity index (χ1) is 6.80. The molecule has 0 aliphatic carbocycles. The molecule has 1 fully saturated rings. The highest BCUT2D eigenvalue weighted by atomic mass is 35.5. The Morgan fingerprint density at radius 1 is 1.19 bits per heavy atom. The fourth-order valence-electron chi connectivity index (χ4n) is 1.45. The van der Waals surface area contributed by atoms with E-state index >= 15 is 0 Å². The van der Waals surface area contributed by atoms with Gasteiger partial charge in [-0.15, -0.1) is 12.4 Å². The molecule has 1 rings (SSSR count). The molecule has 0 amide bonds. The van der Waals surface area contributed by atoms with Crippen molar-refractivity contribution in [2.45, 2.75) is 51.3 Å². The van der Waals surface area contributed by atoms with Crippen LogP contribution in [0.5, 0.6) is 0 Å². The number of rotatable bonds is 4. The zero-order valence-electron chi connectivity index (χ0n) is 10.8. The van der Waals surface area contributed by atoms with Crippen molar-refractivity contribution in [1.29, 1.82) is 0 Å². The molecule has 1 unspecified atom stereocenters. The number of hydrogen-bond donors (Lipinski definition) is 1. The van der Waals surface area contributed by atoms with Gasteiger partial charge in [-0.25, -0.2) is 0 Å². The summed E-state index contributed by atoms with van der Waals surface area (Å²) in [6.07, 6.45) is 0.743. The van der Waals surface area contributed by atoms with E-state index in [1.54, 1.807) is 7.11 Å². The van der Waals surface area contributed by atoms with Crippen LogP contribution >= 0.6 is 12.4 Å². The molecule has 1 saturated heterocycles. The number of ether oxygens (including phenoxy) is 1. The minimum absolute atomic E-state index is 0. The largest absolute Gasteiger partial charge is 0.475 e. The zero-order valence-corrected chi connectivity index (χ0v) is 11.6. The Balaban J connectivity index is 0.00000225. The van der Waals surface area contributed by atoms with Gasteiger partial charge in [-0.05, 0) is 34.1 Å². The standard InChI is InChI=1S/C10H22BNO3.ClH/c1-9(2)10(3,4)15-11(14-9)8(12)6-7-13-5;/h8H,6-7,12H2,1-5H3;1H. The Bertz CT molecular complexity index is 210. The van der Waals surface area contributed by atoms with Crippen LogP contribution in [-0.4, -0.2) is 38.0 Å². The molecule has 0 aromatic rings. The first-order valence-corrected chi connectivity index (χ1v) is 5.40. The van der Waals surface area contributed by atoms with Gasteiger partial charge in [-0.1, -0.05) is 0 Å². The van der Waals surface area contributed by atoms with E-state index in [0.29, 0.717) is 6.61 Å². The monoisotopic (exact) mass is 251 g/mol. The van der Waals surface area contributed by atoms with E-state index < -0.39 is 0 Å². The molecule has 0 radical (unpaired) electrons. The molecule has 1 aliphatic rings. The molecule has 0 saturated carbocycles. The Morgan fingerprint density at radius 2 is 1.62 bits per heavy atom. The van der Waals surface area contributed by atoms with Gasteiger partial charge in [0.2, 0.25) is 0 Å². The smallest absolute Gasteiger partial charge is 0.402 e. The summed E-state index contributed by atoms with van der Waals surface area (Å²) >= 11 is 0. The van der Waals surface area contributed by atoms with Gasteiger partial charge >= 0.3 is 7.12 Å². The molecular formula is C10H23BClNO3. The van der Waals surface area contributed by atoms with Crippen LogP contribution in [0, 0.1) is 0 Å². The second kappa shape index (κ2) is 5.69. The third kappa shape index (κ3) is 3.34. The number of halogens is 1. The SMILES string of the molecule is COCCC(N)B1OC(C)(C)C(C)(C)O1.Cl. The summed E-state index contributed by atoms with van der Waals surface area (Å²) in [6.45, 7) is 8.73. The summed E-state index contributed by atoms with van der Waals surface area (Å²) in [7, 11) is 1.34. The Kier molecular flexibility index (Phi) is 5.76. The maximum atomic E-state index is 5.98. The summed E-state index contributed by atoms with van der Waals surface area (Å²) in [5.41, 5.74) is 5.37. The lowest BCUT2D eigenvalue weighted by atomic mass is 9.77. The van der Waals surface area contributed by atoms with Crippen LogP contribution in [0.15, 0.2) is 0 Å². The first-order valence-electron chi connectivity index (χ1n) is 5.40. The molecule has 0 spiro atoms. The van der Waals surface area contributed by atoms with Crippen molar-refractivity contribution < 1.29 is 14.0 Å². The van der Waals surface area contributed by atoms with E-state index in [4.69, 9.17) is 19.8 Å². The molecule has 1 heterocycles. The van der Waals surface area contributed by atoms with E-state index in [-0.39, 0.29) is 36.7 Å². The van der Waals surface area contributed by atoms with Gasteiger partial charge in [0.05, 0.1) is 11.2 Å². The van der Waals surface area contributed by atoms with Crippen molar-refractivity contribution in [2.75, 3.05) is 13.7 Å². The summed E-state index contributed by atoms with van der Waals surface area (Å²) in [5.74, 6) is -0.133. The molecule has 1 atom stereocenters. The van der Waals surface area contributed by atoms with Gasteiger partial charge in [0.25, 0.3) is 0 Å². The third-order valence-corrected chi connectivity index (χ3v) is 3.28. The van der Waals surface area contributed by atoms with Crippen LogP contribution in [0.25, 0.3) is 0 Å². The zero-order chi connectivity index (χ0) is 11.7. The van der Waals surface area contributed by atoms with Gasteiger partial charge in [0.15, 0.2) is 0 Å². The van der Waals surface area contributed by atoms with Crippen molar-refractivity contribution in [2.24, 2.45) is 5.73 Å². The van der Waals surface area contributed by atoms with E-state index in [2.05, 4.69) is 0 Å². The lowest BCUT2D eigenvalue weighted by Gasteiger charge is -2.32. The highest BCUT2D eigenvalue weighted by Crippen LogP contribution is 2.37. The number of hydrogen-bond acceptors (Lipinski definition) is 4. The van der Waals surface area contributed by atoms with E-state index in [9.17, 15) is 0 Å².